The number of nitrogens with zero attached hydrogens (tertiary/aromatic N) is 3. The van der Waals surface area contributed by atoms with E-state index in [2.05, 4.69) is 12.0 Å². The molecule has 2 aliphatic rings. The smallest absolute Gasteiger partial charge is 0.272 e. The van der Waals surface area contributed by atoms with Crippen LogP contribution in [0.15, 0.2) is 23.6 Å². The fourth-order valence-corrected chi connectivity index (χ4v) is 4.41. The molecule has 4 rings (SSSR count). The first-order valence-electron chi connectivity index (χ1n) is 9.68. The van der Waals surface area contributed by atoms with Gasteiger partial charge in [-0.1, -0.05) is 25.8 Å². The molecule has 1 saturated heterocycles. The number of aryl methyl sites for hydroxylation is 1. The van der Waals surface area contributed by atoms with Crippen LogP contribution < -0.4 is 0 Å². The highest BCUT2D eigenvalue weighted by atomic mass is 32.1. The topological polar surface area (TPSA) is 47.4 Å². The Kier molecular flexibility index (Phi) is 5.14. The van der Waals surface area contributed by atoms with Crippen molar-refractivity contribution in [1.82, 2.24) is 14.7 Å². The molecule has 2 atom stereocenters. The zero-order valence-corrected chi connectivity index (χ0v) is 16.4. The maximum Gasteiger partial charge on any atom is 0.272 e. The Morgan fingerprint density at radius 2 is 2.23 bits per heavy atom. The minimum Gasteiger partial charge on any atom is -0.371 e. The van der Waals surface area contributed by atoms with Crippen LogP contribution in [0.5, 0.6) is 0 Å². The predicted molar refractivity (Wildman–Crippen MR) is 103 cm³/mol. The molecule has 3 heterocycles. The van der Waals surface area contributed by atoms with E-state index in [0.717, 1.165) is 29.8 Å². The van der Waals surface area contributed by atoms with Gasteiger partial charge in [0.1, 0.15) is 11.4 Å². The van der Waals surface area contributed by atoms with Crippen LogP contribution in [0.4, 0.5) is 0 Å². The number of thiophene rings is 1. The molecule has 0 aromatic carbocycles. The zero-order chi connectivity index (χ0) is 18.1. The van der Waals surface area contributed by atoms with E-state index in [4.69, 9.17) is 4.74 Å². The van der Waals surface area contributed by atoms with E-state index >= 15 is 0 Å². The van der Waals surface area contributed by atoms with Gasteiger partial charge in [-0.05, 0) is 42.7 Å². The van der Waals surface area contributed by atoms with E-state index in [0.29, 0.717) is 24.7 Å². The van der Waals surface area contributed by atoms with Crippen molar-refractivity contribution in [1.29, 1.82) is 0 Å². The van der Waals surface area contributed by atoms with Crippen LogP contribution in [0.1, 0.15) is 49.5 Å². The molecule has 0 unspecified atom stereocenters. The molecular formula is C20H27N3O2S. The van der Waals surface area contributed by atoms with Crippen molar-refractivity contribution in [3.05, 3.63) is 29.3 Å². The van der Waals surface area contributed by atoms with Crippen LogP contribution in [-0.2, 0) is 11.8 Å². The summed E-state index contributed by atoms with van der Waals surface area (Å²) in [7, 11) is 1.86. The SMILES string of the molecule is CCCC[C@@H]1CN(C(=O)c2cc(-c3cccs3)nn2C)C[C@H](C2CC2)O1. The van der Waals surface area contributed by atoms with Gasteiger partial charge in [0.05, 0.1) is 17.1 Å². The molecule has 1 aliphatic carbocycles. The number of carbonyl (C=O) groups is 1. The third-order valence-electron chi connectivity index (χ3n) is 5.38. The van der Waals surface area contributed by atoms with Crippen molar-refractivity contribution >= 4 is 17.2 Å². The Bertz CT molecular complexity index is 751. The third kappa shape index (κ3) is 3.71. The first-order chi connectivity index (χ1) is 12.7. The zero-order valence-electron chi connectivity index (χ0n) is 15.6. The van der Waals surface area contributed by atoms with E-state index in [-0.39, 0.29) is 18.1 Å². The standard InChI is InChI=1S/C20H27N3O2S/c1-3-4-6-15-12-23(13-18(25-15)14-8-9-14)20(24)17-11-16(21-22(17)2)19-7-5-10-26-19/h5,7,10-11,14-15,18H,3-4,6,8-9,12-13H2,1-2H3/t15-,18-/m1/s1. The summed E-state index contributed by atoms with van der Waals surface area (Å²) in [5.41, 5.74) is 1.54. The highest BCUT2D eigenvalue weighted by Crippen LogP contribution is 2.37. The Hall–Kier alpha value is -1.66. The Labute approximate surface area is 159 Å². The van der Waals surface area contributed by atoms with Gasteiger partial charge < -0.3 is 9.64 Å². The lowest BCUT2D eigenvalue weighted by Gasteiger charge is -2.38. The van der Waals surface area contributed by atoms with Gasteiger partial charge in [0.15, 0.2) is 0 Å². The van der Waals surface area contributed by atoms with E-state index in [9.17, 15) is 4.79 Å². The van der Waals surface area contributed by atoms with E-state index in [1.54, 1.807) is 16.0 Å². The first kappa shape index (κ1) is 17.7. The van der Waals surface area contributed by atoms with Crippen LogP contribution in [0.2, 0.25) is 0 Å². The number of rotatable bonds is 6. The van der Waals surface area contributed by atoms with Crippen molar-refractivity contribution in [2.75, 3.05) is 13.1 Å². The number of amides is 1. The molecular weight excluding hydrogens is 346 g/mol. The summed E-state index contributed by atoms with van der Waals surface area (Å²) in [5.74, 6) is 0.723. The second-order valence-corrected chi connectivity index (χ2v) is 8.45. The summed E-state index contributed by atoms with van der Waals surface area (Å²) in [6.07, 6.45) is 6.20. The summed E-state index contributed by atoms with van der Waals surface area (Å²) in [6.45, 7) is 3.61. The maximum absolute atomic E-state index is 13.2. The lowest BCUT2D eigenvalue weighted by molar-refractivity contribution is -0.0876. The van der Waals surface area contributed by atoms with Crippen LogP contribution in [0.25, 0.3) is 10.6 Å². The first-order valence-corrected chi connectivity index (χ1v) is 10.6. The molecule has 1 saturated carbocycles. The van der Waals surface area contributed by atoms with Gasteiger partial charge in [-0.3, -0.25) is 9.48 Å². The summed E-state index contributed by atoms with van der Waals surface area (Å²) in [6, 6.07) is 5.98. The van der Waals surface area contributed by atoms with Crippen LogP contribution in [-0.4, -0.2) is 45.9 Å². The molecule has 0 bridgehead atoms. The van der Waals surface area contributed by atoms with Gasteiger partial charge in [0.25, 0.3) is 5.91 Å². The predicted octanol–water partition coefficient (Wildman–Crippen LogP) is 3.96. The van der Waals surface area contributed by atoms with Crippen LogP contribution in [0.3, 0.4) is 0 Å². The number of ether oxygens (including phenoxy) is 1. The minimum atomic E-state index is 0.0817. The van der Waals surface area contributed by atoms with E-state index in [1.165, 1.54) is 12.8 Å². The number of morpholine rings is 1. The summed E-state index contributed by atoms with van der Waals surface area (Å²) in [5, 5.41) is 6.59. The highest BCUT2D eigenvalue weighted by Gasteiger charge is 2.40. The Balaban J connectivity index is 1.52. The second-order valence-electron chi connectivity index (χ2n) is 7.50. The number of unbranched alkanes of at least 4 members (excludes halogenated alkanes) is 1. The van der Waals surface area contributed by atoms with Gasteiger partial charge in [-0.25, -0.2) is 0 Å². The average Bonchev–Trinajstić information content (AvgIpc) is 3.22. The van der Waals surface area contributed by atoms with Gasteiger partial charge in [0.2, 0.25) is 0 Å². The van der Waals surface area contributed by atoms with Gasteiger partial charge >= 0.3 is 0 Å². The second kappa shape index (κ2) is 7.53. The average molecular weight is 374 g/mol. The van der Waals surface area contributed by atoms with E-state index in [1.807, 2.05) is 35.5 Å². The fourth-order valence-electron chi connectivity index (χ4n) is 3.73. The molecule has 2 aromatic heterocycles. The molecule has 6 heteroatoms. The lowest BCUT2D eigenvalue weighted by Crippen LogP contribution is -2.51. The summed E-state index contributed by atoms with van der Waals surface area (Å²) in [4.78, 5) is 16.3. The molecule has 0 radical (unpaired) electrons. The fraction of sp³-hybridized carbons (Fsp3) is 0.600. The van der Waals surface area contributed by atoms with Gasteiger partial charge in [-0.15, -0.1) is 11.3 Å². The monoisotopic (exact) mass is 373 g/mol. The molecule has 26 heavy (non-hydrogen) atoms. The number of hydrogen-bond donors (Lipinski definition) is 0. The summed E-state index contributed by atoms with van der Waals surface area (Å²) >= 11 is 1.65. The number of hydrogen-bond acceptors (Lipinski definition) is 4. The molecule has 5 nitrogen and oxygen atoms in total. The molecule has 2 aromatic rings. The largest absolute Gasteiger partial charge is 0.371 e. The summed E-state index contributed by atoms with van der Waals surface area (Å²) < 4.78 is 8.03. The normalized spacial score (nSPS) is 23.4. The molecule has 0 spiro atoms. The Morgan fingerprint density at radius 1 is 1.38 bits per heavy atom. The van der Waals surface area contributed by atoms with Crippen molar-refractivity contribution in [2.45, 2.75) is 51.2 Å². The molecule has 1 amide bonds. The lowest BCUT2D eigenvalue weighted by atomic mass is 10.1. The Morgan fingerprint density at radius 3 is 2.92 bits per heavy atom. The third-order valence-corrected chi connectivity index (χ3v) is 6.27. The maximum atomic E-state index is 13.2. The molecule has 2 fully saturated rings. The van der Waals surface area contributed by atoms with Crippen molar-refractivity contribution in [3.63, 3.8) is 0 Å². The molecule has 140 valence electrons. The minimum absolute atomic E-state index is 0.0817. The van der Waals surface area contributed by atoms with Crippen molar-refractivity contribution in [3.8, 4) is 10.6 Å². The van der Waals surface area contributed by atoms with Crippen molar-refractivity contribution < 1.29 is 9.53 Å². The highest BCUT2D eigenvalue weighted by molar-refractivity contribution is 7.13. The van der Waals surface area contributed by atoms with Gasteiger partial charge in [-0.2, -0.15) is 5.10 Å². The molecule has 0 N–H and O–H groups in total. The van der Waals surface area contributed by atoms with Crippen LogP contribution >= 0.6 is 11.3 Å². The molecule has 1 aliphatic heterocycles. The van der Waals surface area contributed by atoms with Crippen molar-refractivity contribution in [2.24, 2.45) is 13.0 Å². The number of aromatic nitrogens is 2. The quantitative estimate of drug-likeness (QED) is 0.770. The van der Waals surface area contributed by atoms with Gasteiger partial charge in [0, 0.05) is 20.1 Å². The number of carbonyl (C=O) groups excluding carboxylic acids is 1. The van der Waals surface area contributed by atoms with Crippen LogP contribution in [0, 0.1) is 5.92 Å². The van der Waals surface area contributed by atoms with E-state index < -0.39 is 0 Å².